The van der Waals surface area contributed by atoms with E-state index in [1.807, 2.05) is 0 Å². The van der Waals surface area contributed by atoms with Crippen molar-refractivity contribution in [1.29, 1.82) is 5.41 Å². The lowest BCUT2D eigenvalue weighted by molar-refractivity contribution is -0.108. The van der Waals surface area contributed by atoms with Crippen molar-refractivity contribution in [3.05, 3.63) is 30.5 Å². The van der Waals surface area contributed by atoms with Crippen molar-refractivity contribution in [2.24, 2.45) is 11.8 Å². The molecule has 30 heavy (non-hydrogen) atoms. The van der Waals surface area contributed by atoms with Crippen molar-refractivity contribution in [2.45, 2.75) is 19.3 Å². The van der Waals surface area contributed by atoms with E-state index < -0.39 is 29.9 Å². The molecule has 1 saturated heterocycles. The van der Waals surface area contributed by atoms with Gasteiger partial charge in [-0.05, 0) is 12.2 Å². The predicted octanol–water partition coefficient (Wildman–Crippen LogP) is 3.31. The molecule has 162 valence electrons. The molecule has 3 rings (SSSR count). The Balaban J connectivity index is 1.79. The Morgan fingerprint density at radius 3 is 2.87 bits per heavy atom. The quantitative estimate of drug-likeness (QED) is 0.299. The van der Waals surface area contributed by atoms with Gasteiger partial charge in [0.1, 0.15) is 18.0 Å². The third-order valence-corrected chi connectivity index (χ3v) is 5.16. The second kappa shape index (κ2) is 9.13. The number of halogens is 4. The van der Waals surface area contributed by atoms with Gasteiger partial charge < -0.3 is 9.88 Å². The zero-order valence-electron chi connectivity index (χ0n) is 16.0. The number of hydrogen-bond donors (Lipinski definition) is 4. The van der Waals surface area contributed by atoms with Gasteiger partial charge in [0.2, 0.25) is 0 Å². The Bertz CT molecular complexity index is 917. The average molecular weight is 443 g/mol. The lowest BCUT2D eigenvalue weighted by Gasteiger charge is -2.42. The molecular formula is C18H21F4N7S. The van der Waals surface area contributed by atoms with Gasteiger partial charge in [-0.25, -0.2) is 32.5 Å². The highest BCUT2D eigenvalue weighted by Crippen LogP contribution is 2.39. The van der Waals surface area contributed by atoms with Crippen LogP contribution in [0.4, 0.5) is 23.4 Å². The fraction of sp³-hybridized carbons (Fsp3) is 0.444. The first-order valence-electron chi connectivity index (χ1n) is 9.14. The topological polar surface area (TPSA) is 93.6 Å². The van der Waals surface area contributed by atoms with Crippen LogP contribution in [0, 0.1) is 17.2 Å². The zero-order chi connectivity index (χ0) is 21.9. The van der Waals surface area contributed by atoms with Gasteiger partial charge in [0.15, 0.2) is 0 Å². The minimum Gasteiger partial charge on any atom is -0.355 e. The van der Waals surface area contributed by atoms with Crippen LogP contribution in [0.3, 0.4) is 0 Å². The van der Waals surface area contributed by atoms with E-state index >= 15 is 0 Å². The Kier molecular flexibility index (Phi) is 6.76. The number of piperidine rings is 1. The van der Waals surface area contributed by atoms with E-state index in [9.17, 15) is 17.6 Å². The standard InChI is InChI=1S/C18H21F4N7S/c1-10-7-29(8-11(5-27-30)18(10,21)22)16-4-13(25-9-26-16)14-6-24-15(28-14)3-2-12(23)17(19)20/h2-4,6,9-11,17,23,27,30H,5,7-8H2,1H3,(H,24,28)/b3-2-,23-12?. The highest BCUT2D eigenvalue weighted by molar-refractivity contribution is 7.78. The monoisotopic (exact) mass is 443 g/mol. The lowest BCUT2D eigenvalue weighted by atomic mass is 9.86. The Morgan fingerprint density at radius 2 is 2.17 bits per heavy atom. The van der Waals surface area contributed by atoms with Crippen molar-refractivity contribution >= 4 is 30.4 Å². The fourth-order valence-electron chi connectivity index (χ4n) is 3.28. The molecular weight excluding hydrogens is 422 g/mol. The first-order valence-corrected chi connectivity index (χ1v) is 9.59. The summed E-state index contributed by atoms with van der Waals surface area (Å²) in [5.41, 5.74) is 0.161. The number of allylic oxidation sites excluding steroid dienone is 1. The first-order chi connectivity index (χ1) is 14.2. The number of hydrogen-bond acceptors (Lipinski definition) is 7. The number of thiol groups is 1. The lowest BCUT2D eigenvalue weighted by Crippen LogP contribution is -2.55. The molecule has 0 radical (unpaired) electrons. The van der Waals surface area contributed by atoms with Crippen molar-refractivity contribution < 1.29 is 17.6 Å². The molecule has 0 aromatic carbocycles. The maximum Gasteiger partial charge on any atom is 0.279 e. The third-order valence-electron chi connectivity index (χ3n) is 4.98. The second-order valence-electron chi connectivity index (χ2n) is 7.07. The SMILES string of the molecule is CC1CN(c2cc(-c3cnc(/C=C\C(=N)C(F)F)[nH]3)ncn2)CC(CNS)C1(F)F. The molecule has 2 atom stereocenters. The largest absolute Gasteiger partial charge is 0.355 e. The summed E-state index contributed by atoms with van der Waals surface area (Å²) in [6, 6.07) is 1.66. The van der Waals surface area contributed by atoms with Crippen LogP contribution in [0.2, 0.25) is 0 Å². The molecule has 0 amide bonds. The van der Waals surface area contributed by atoms with E-state index in [-0.39, 0.29) is 25.5 Å². The molecule has 0 saturated carbocycles. The van der Waals surface area contributed by atoms with Gasteiger partial charge in [0.05, 0.1) is 29.2 Å². The summed E-state index contributed by atoms with van der Waals surface area (Å²) in [6.45, 7) is 1.80. The summed E-state index contributed by atoms with van der Waals surface area (Å²) in [5, 5.41) is 7.13. The van der Waals surface area contributed by atoms with Gasteiger partial charge in [0, 0.05) is 31.6 Å². The summed E-state index contributed by atoms with van der Waals surface area (Å²) in [4.78, 5) is 17.2. The number of aromatic amines is 1. The van der Waals surface area contributed by atoms with Gasteiger partial charge in [-0.15, -0.1) is 0 Å². The Morgan fingerprint density at radius 1 is 1.40 bits per heavy atom. The van der Waals surface area contributed by atoms with E-state index in [1.54, 1.807) is 11.0 Å². The minimum absolute atomic E-state index is 0.0543. The predicted molar refractivity (Wildman–Crippen MR) is 109 cm³/mol. The van der Waals surface area contributed by atoms with Gasteiger partial charge in [0.25, 0.3) is 12.3 Å². The van der Waals surface area contributed by atoms with Gasteiger partial charge in [-0.3, -0.25) is 10.1 Å². The number of rotatable bonds is 7. The zero-order valence-corrected chi connectivity index (χ0v) is 16.9. The number of alkyl halides is 4. The fourth-order valence-corrected chi connectivity index (χ4v) is 3.50. The molecule has 1 fully saturated rings. The second-order valence-corrected chi connectivity index (χ2v) is 7.39. The molecule has 0 spiro atoms. The van der Waals surface area contributed by atoms with Gasteiger partial charge >= 0.3 is 0 Å². The van der Waals surface area contributed by atoms with Crippen LogP contribution in [-0.2, 0) is 0 Å². The van der Waals surface area contributed by atoms with Crippen LogP contribution in [0.25, 0.3) is 17.5 Å². The van der Waals surface area contributed by atoms with E-state index in [0.29, 0.717) is 17.2 Å². The van der Waals surface area contributed by atoms with E-state index in [0.717, 1.165) is 6.08 Å². The van der Waals surface area contributed by atoms with Crippen molar-refractivity contribution in [3.63, 3.8) is 0 Å². The van der Waals surface area contributed by atoms with Gasteiger partial charge in [-0.1, -0.05) is 19.7 Å². The maximum atomic E-state index is 14.4. The number of imidazole rings is 1. The van der Waals surface area contributed by atoms with Crippen LogP contribution in [-0.4, -0.2) is 57.6 Å². The summed E-state index contributed by atoms with van der Waals surface area (Å²) >= 11 is 3.86. The molecule has 2 aromatic rings. The van der Waals surface area contributed by atoms with Crippen LogP contribution in [0.5, 0.6) is 0 Å². The Hall–Kier alpha value is -2.47. The van der Waals surface area contributed by atoms with Crippen LogP contribution >= 0.6 is 12.8 Å². The number of H-pyrrole nitrogens is 1. The van der Waals surface area contributed by atoms with Crippen LogP contribution in [0.1, 0.15) is 12.7 Å². The minimum atomic E-state index is -2.86. The highest BCUT2D eigenvalue weighted by Gasteiger charge is 2.49. The molecule has 3 heterocycles. The molecule has 1 aliphatic heterocycles. The molecule has 7 nitrogen and oxygen atoms in total. The van der Waals surface area contributed by atoms with Crippen molar-refractivity contribution in [1.82, 2.24) is 24.7 Å². The summed E-state index contributed by atoms with van der Waals surface area (Å²) in [5.74, 6) is -3.84. The number of aromatic nitrogens is 4. The number of nitrogens with zero attached hydrogens (tertiary/aromatic N) is 4. The summed E-state index contributed by atoms with van der Waals surface area (Å²) < 4.78 is 56.2. The van der Waals surface area contributed by atoms with Crippen molar-refractivity contribution in [3.8, 4) is 11.4 Å². The highest BCUT2D eigenvalue weighted by atomic mass is 32.1. The molecule has 1 aliphatic rings. The normalized spacial score (nSPS) is 21.5. The Labute approximate surface area is 176 Å². The maximum absolute atomic E-state index is 14.4. The molecule has 0 aliphatic carbocycles. The number of anilines is 1. The van der Waals surface area contributed by atoms with Crippen LogP contribution in [0.15, 0.2) is 24.7 Å². The first kappa shape index (κ1) is 22.2. The van der Waals surface area contributed by atoms with Crippen LogP contribution < -0.4 is 9.62 Å². The van der Waals surface area contributed by atoms with Crippen molar-refractivity contribution in [2.75, 3.05) is 24.5 Å². The summed E-state index contributed by atoms with van der Waals surface area (Å²) in [6.07, 6.45) is 2.17. The van der Waals surface area contributed by atoms with E-state index in [4.69, 9.17) is 5.41 Å². The summed E-state index contributed by atoms with van der Waals surface area (Å²) in [7, 11) is 0. The molecule has 12 heteroatoms. The molecule has 2 unspecified atom stereocenters. The molecule has 3 N–H and O–H groups in total. The number of nitrogens with one attached hydrogen (secondary N) is 3. The third kappa shape index (κ3) is 4.81. The average Bonchev–Trinajstić information content (AvgIpc) is 3.19. The van der Waals surface area contributed by atoms with Gasteiger partial charge in [-0.2, -0.15) is 0 Å². The van der Waals surface area contributed by atoms with E-state index in [1.165, 1.54) is 25.5 Å². The van der Waals surface area contributed by atoms with E-state index in [2.05, 4.69) is 37.5 Å². The molecule has 0 bridgehead atoms. The smallest absolute Gasteiger partial charge is 0.279 e. The molecule has 2 aromatic heterocycles.